The lowest BCUT2D eigenvalue weighted by Gasteiger charge is -2.23. The van der Waals surface area contributed by atoms with Gasteiger partial charge < -0.3 is 5.73 Å². The predicted octanol–water partition coefficient (Wildman–Crippen LogP) is 4.17. The van der Waals surface area contributed by atoms with Crippen molar-refractivity contribution in [2.45, 2.75) is 38.6 Å². The van der Waals surface area contributed by atoms with Crippen molar-refractivity contribution in [3.63, 3.8) is 0 Å². The highest BCUT2D eigenvalue weighted by atomic mass is 19.1. The van der Waals surface area contributed by atoms with Gasteiger partial charge in [-0.15, -0.1) is 0 Å². The normalized spacial score (nSPS) is 18.9. The van der Waals surface area contributed by atoms with Gasteiger partial charge in [0, 0.05) is 17.5 Å². The first kappa shape index (κ1) is 13.3. The molecule has 2 N–H and O–H groups in total. The molecule has 2 aromatic rings. The second-order valence-corrected chi connectivity index (χ2v) is 5.85. The Labute approximate surface area is 119 Å². The van der Waals surface area contributed by atoms with Gasteiger partial charge in [0.25, 0.3) is 0 Å². The molecule has 0 amide bonds. The zero-order valence-corrected chi connectivity index (χ0v) is 12.0. The summed E-state index contributed by atoms with van der Waals surface area (Å²) < 4.78 is 14.3. The number of fused-ring (bicyclic) bond motifs is 1. The summed E-state index contributed by atoms with van der Waals surface area (Å²) in [6.07, 6.45) is 2.05. The van der Waals surface area contributed by atoms with Gasteiger partial charge in [0.05, 0.1) is 0 Å². The molecule has 0 spiro atoms. The highest BCUT2D eigenvalue weighted by Crippen LogP contribution is 2.41. The van der Waals surface area contributed by atoms with Crippen LogP contribution in [-0.4, -0.2) is 0 Å². The second kappa shape index (κ2) is 5.02. The minimum absolute atomic E-state index is 0.167. The first-order valence-corrected chi connectivity index (χ1v) is 7.18. The van der Waals surface area contributed by atoms with Crippen LogP contribution in [0, 0.1) is 19.7 Å². The molecule has 0 fully saturated rings. The topological polar surface area (TPSA) is 26.0 Å². The van der Waals surface area contributed by atoms with E-state index in [1.807, 2.05) is 26.0 Å². The van der Waals surface area contributed by atoms with Gasteiger partial charge in [-0.3, -0.25) is 0 Å². The molecule has 2 aromatic carbocycles. The van der Waals surface area contributed by atoms with Gasteiger partial charge in [0.2, 0.25) is 0 Å². The van der Waals surface area contributed by atoms with E-state index in [0.29, 0.717) is 5.56 Å². The van der Waals surface area contributed by atoms with Crippen LogP contribution in [0.1, 0.15) is 46.2 Å². The van der Waals surface area contributed by atoms with Gasteiger partial charge >= 0.3 is 0 Å². The number of halogens is 1. The van der Waals surface area contributed by atoms with Crippen LogP contribution in [-0.2, 0) is 6.42 Å². The van der Waals surface area contributed by atoms with E-state index in [1.165, 1.54) is 11.1 Å². The van der Waals surface area contributed by atoms with Crippen molar-refractivity contribution in [3.8, 4) is 0 Å². The highest BCUT2D eigenvalue weighted by Gasteiger charge is 2.30. The van der Waals surface area contributed by atoms with Crippen LogP contribution in [0.15, 0.2) is 36.4 Å². The molecular formula is C18H20FN. The summed E-state index contributed by atoms with van der Waals surface area (Å²) in [5.74, 6) is 0.0569. The molecule has 1 nitrogen and oxygen atoms in total. The maximum Gasteiger partial charge on any atom is 0.128 e. The van der Waals surface area contributed by atoms with E-state index in [9.17, 15) is 4.39 Å². The molecule has 20 heavy (non-hydrogen) atoms. The van der Waals surface area contributed by atoms with Gasteiger partial charge in [-0.2, -0.15) is 0 Å². The van der Waals surface area contributed by atoms with Crippen molar-refractivity contribution in [2.75, 3.05) is 0 Å². The van der Waals surface area contributed by atoms with E-state index in [0.717, 1.165) is 24.0 Å². The largest absolute Gasteiger partial charge is 0.323 e. The molecule has 1 aliphatic carbocycles. The Kier molecular flexibility index (Phi) is 3.35. The summed E-state index contributed by atoms with van der Waals surface area (Å²) in [6, 6.07) is 11.7. The van der Waals surface area contributed by atoms with Gasteiger partial charge in [-0.05, 0) is 55.0 Å². The summed E-state index contributed by atoms with van der Waals surface area (Å²) in [4.78, 5) is 0. The van der Waals surface area contributed by atoms with Crippen LogP contribution in [0.3, 0.4) is 0 Å². The van der Waals surface area contributed by atoms with Crippen LogP contribution in [0.5, 0.6) is 0 Å². The lowest BCUT2D eigenvalue weighted by molar-refractivity contribution is 0.510. The third kappa shape index (κ3) is 2.14. The quantitative estimate of drug-likeness (QED) is 0.870. The fraction of sp³-hybridized carbons (Fsp3) is 0.333. The van der Waals surface area contributed by atoms with Crippen LogP contribution >= 0.6 is 0 Å². The van der Waals surface area contributed by atoms with Crippen molar-refractivity contribution in [1.29, 1.82) is 0 Å². The maximum atomic E-state index is 14.3. The average Bonchev–Trinajstić information content (AvgIpc) is 2.81. The Hall–Kier alpha value is -1.67. The third-order valence-electron chi connectivity index (χ3n) is 4.43. The zero-order valence-electron chi connectivity index (χ0n) is 12.0. The Bertz CT molecular complexity index is 625. The fourth-order valence-electron chi connectivity index (χ4n) is 3.51. The minimum Gasteiger partial charge on any atom is -0.323 e. The van der Waals surface area contributed by atoms with E-state index in [1.54, 1.807) is 6.07 Å². The number of aryl methyl sites for hydroxylation is 3. The standard InChI is InChI=1S/C18H20FN/c1-11-9-12(2)17(16(19)10-11)18(20)15-8-7-13-5-3-4-6-14(13)15/h3-6,9-10,15,18H,7-8,20H2,1-2H3. The predicted molar refractivity (Wildman–Crippen MR) is 80.3 cm³/mol. The van der Waals surface area contributed by atoms with E-state index < -0.39 is 0 Å². The molecule has 2 heteroatoms. The molecule has 0 saturated carbocycles. The van der Waals surface area contributed by atoms with Gasteiger partial charge in [0.1, 0.15) is 5.82 Å². The van der Waals surface area contributed by atoms with E-state index >= 15 is 0 Å². The van der Waals surface area contributed by atoms with Crippen molar-refractivity contribution < 1.29 is 4.39 Å². The molecule has 0 radical (unpaired) electrons. The lowest BCUT2D eigenvalue weighted by Crippen LogP contribution is -2.21. The summed E-state index contributed by atoms with van der Waals surface area (Å²) in [6.45, 7) is 3.86. The Balaban J connectivity index is 2.01. The zero-order chi connectivity index (χ0) is 14.3. The first-order chi connectivity index (χ1) is 9.58. The number of nitrogens with two attached hydrogens (primary N) is 1. The molecule has 0 heterocycles. The number of hydrogen-bond donors (Lipinski definition) is 1. The van der Waals surface area contributed by atoms with Crippen molar-refractivity contribution in [3.05, 3.63) is 70.0 Å². The Morgan fingerprint density at radius 3 is 2.70 bits per heavy atom. The van der Waals surface area contributed by atoms with Crippen molar-refractivity contribution in [1.82, 2.24) is 0 Å². The molecule has 0 saturated heterocycles. The second-order valence-electron chi connectivity index (χ2n) is 5.85. The minimum atomic E-state index is -0.265. The lowest BCUT2D eigenvalue weighted by atomic mass is 9.86. The van der Waals surface area contributed by atoms with Crippen LogP contribution < -0.4 is 5.73 Å². The summed E-state index contributed by atoms with van der Waals surface area (Å²) in [5, 5.41) is 0. The SMILES string of the molecule is Cc1cc(C)c(C(N)C2CCc3ccccc32)c(F)c1. The van der Waals surface area contributed by atoms with Crippen molar-refractivity contribution in [2.24, 2.45) is 5.73 Å². The average molecular weight is 269 g/mol. The summed E-state index contributed by atoms with van der Waals surface area (Å²) in [5.41, 5.74) is 11.7. The van der Waals surface area contributed by atoms with E-state index in [2.05, 4.69) is 18.2 Å². The monoisotopic (exact) mass is 269 g/mol. The molecule has 0 aromatic heterocycles. The molecule has 1 aliphatic rings. The van der Waals surface area contributed by atoms with E-state index in [4.69, 9.17) is 5.73 Å². The fourth-order valence-corrected chi connectivity index (χ4v) is 3.51. The molecule has 2 atom stereocenters. The Morgan fingerprint density at radius 2 is 1.95 bits per heavy atom. The number of hydrogen-bond acceptors (Lipinski definition) is 1. The summed E-state index contributed by atoms with van der Waals surface area (Å²) >= 11 is 0. The van der Waals surface area contributed by atoms with Crippen LogP contribution in [0.25, 0.3) is 0 Å². The van der Waals surface area contributed by atoms with Gasteiger partial charge in [-0.25, -0.2) is 4.39 Å². The maximum absolute atomic E-state index is 14.3. The number of benzene rings is 2. The van der Waals surface area contributed by atoms with Crippen LogP contribution in [0.2, 0.25) is 0 Å². The molecule has 0 bridgehead atoms. The number of rotatable bonds is 2. The summed E-state index contributed by atoms with van der Waals surface area (Å²) in [7, 11) is 0. The highest BCUT2D eigenvalue weighted by molar-refractivity contribution is 5.41. The van der Waals surface area contributed by atoms with Gasteiger partial charge in [0.15, 0.2) is 0 Å². The van der Waals surface area contributed by atoms with Crippen LogP contribution in [0.4, 0.5) is 4.39 Å². The molecular weight excluding hydrogens is 249 g/mol. The molecule has 104 valence electrons. The third-order valence-corrected chi connectivity index (χ3v) is 4.43. The van der Waals surface area contributed by atoms with Crippen molar-refractivity contribution >= 4 is 0 Å². The molecule has 0 aliphatic heterocycles. The Morgan fingerprint density at radius 1 is 1.20 bits per heavy atom. The smallest absolute Gasteiger partial charge is 0.128 e. The van der Waals surface area contributed by atoms with Gasteiger partial charge in [-0.1, -0.05) is 30.3 Å². The van der Waals surface area contributed by atoms with E-state index in [-0.39, 0.29) is 17.8 Å². The molecule has 2 unspecified atom stereocenters. The molecule has 3 rings (SSSR count). The first-order valence-electron chi connectivity index (χ1n) is 7.18.